The average molecular weight is 252 g/mol. The lowest BCUT2D eigenvalue weighted by atomic mass is 10.2. The number of hydrogen-bond donors (Lipinski definition) is 1. The smallest absolute Gasteiger partial charge is 0.209 e. The van der Waals surface area contributed by atoms with E-state index in [2.05, 4.69) is 9.36 Å². The molecule has 0 aliphatic rings. The van der Waals surface area contributed by atoms with Crippen LogP contribution in [0.4, 0.5) is 15.2 Å². The molecule has 2 aromatic rings. The average Bonchev–Trinajstić information content (AvgIpc) is 2.83. The summed E-state index contributed by atoms with van der Waals surface area (Å²) in [6.45, 7) is 1.29. The van der Waals surface area contributed by atoms with E-state index in [0.29, 0.717) is 13.1 Å². The standard InChI is InChI=1S/C11H13FN4S/c12-9-3-1-4-10(7-9)16(6-2-5-13)11-14-8-15-17-11/h1,3-4,7-8H,2,5-6,13H2. The van der Waals surface area contributed by atoms with E-state index >= 15 is 0 Å². The Hall–Kier alpha value is -1.53. The number of nitrogens with zero attached hydrogens (tertiary/aromatic N) is 3. The predicted octanol–water partition coefficient (Wildman–Crippen LogP) is 2.16. The number of rotatable bonds is 5. The Balaban J connectivity index is 2.27. The van der Waals surface area contributed by atoms with Gasteiger partial charge in [0, 0.05) is 23.8 Å². The van der Waals surface area contributed by atoms with Crippen LogP contribution in [0, 0.1) is 5.82 Å². The number of nitrogens with two attached hydrogens (primary N) is 1. The zero-order chi connectivity index (χ0) is 12.1. The molecule has 2 N–H and O–H groups in total. The Labute approximate surface area is 103 Å². The van der Waals surface area contributed by atoms with Gasteiger partial charge in [0.2, 0.25) is 5.13 Å². The van der Waals surface area contributed by atoms with Crippen molar-refractivity contribution in [2.75, 3.05) is 18.0 Å². The fourth-order valence-electron chi connectivity index (χ4n) is 1.51. The Morgan fingerprint density at radius 3 is 2.94 bits per heavy atom. The quantitative estimate of drug-likeness (QED) is 0.886. The normalized spacial score (nSPS) is 10.5. The van der Waals surface area contributed by atoms with Gasteiger partial charge in [-0.15, -0.1) is 0 Å². The third-order valence-electron chi connectivity index (χ3n) is 2.29. The summed E-state index contributed by atoms with van der Waals surface area (Å²) < 4.78 is 17.2. The van der Waals surface area contributed by atoms with Crippen molar-refractivity contribution in [2.24, 2.45) is 5.73 Å². The maximum Gasteiger partial charge on any atom is 0.209 e. The number of benzene rings is 1. The van der Waals surface area contributed by atoms with Crippen LogP contribution in [0.1, 0.15) is 6.42 Å². The minimum atomic E-state index is -0.259. The van der Waals surface area contributed by atoms with Crippen molar-refractivity contribution in [2.45, 2.75) is 6.42 Å². The zero-order valence-corrected chi connectivity index (χ0v) is 10.0. The van der Waals surface area contributed by atoms with Crippen molar-refractivity contribution < 1.29 is 4.39 Å². The van der Waals surface area contributed by atoms with Gasteiger partial charge in [-0.2, -0.15) is 4.37 Å². The lowest BCUT2D eigenvalue weighted by molar-refractivity contribution is 0.627. The molecule has 0 spiro atoms. The molecule has 0 amide bonds. The third kappa shape index (κ3) is 2.98. The number of aromatic nitrogens is 2. The van der Waals surface area contributed by atoms with Gasteiger partial charge in [-0.05, 0) is 31.2 Å². The molecule has 90 valence electrons. The molecular weight excluding hydrogens is 239 g/mol. The van der Waals surface area contributed by atoms with Crippen molar-refractivity contribution >= 4 is 22.4 Å². The molecule has 1 aromatic carbocycles. The third-order valence-corrected chi connectivity index (χ3v) is 2.98. The summed E-state index contributed by atoms with van der Waals surface area (Å²) in [6, 6.07) is 6.44. The molecular formula is C11H13FN4S. The van der Waals surface area contributed by atoms with E-state index in [4.69, 9.17) is 5.73 Å². The first kappa shape index (κ1) is 11.9. The van der Waals surface area contributed by atoms with Crippen molar-refractivity contribution in [3.63, 3.8) is 0 Å². The summed E-state index contributed by atoms with van der Waals surface area (Å²) in [6.07, 6.45) is 2.31. The van der Waals surface area contributed by atoms with Gasteiger partial charge in [0.15, 0.2) is 0 Å². The first-order chi connectivity index (χ1) is 8.31. The summed E-state index contributed by atoms with van der Waals surface area (Å²) in [4.78, 5) is 6.07. The highest BCUT2D eigenvalue weighted by atomic mass is 32.1. The second kappa shape index (κ2) is 5.70. The van der Waals surface area contributed by atoms with Crippen LogP contribution in [0.15, 0.2) is 30.6 Å². The van der Waals surface area contributed by atoms with Gasteiger partial charge in [0.05, 0.1) is 0 Å². The Kier molecular flexibility index (Phi) is 4.00. The van der Waals surface area contributed by atoms with E-state index in [-0.39, 0.29) is 5.82 Å². The lowest BCUT2D eigenvalue weighted by Gasteiger charge is -2.21. The van der Waals surface area contributed by atoms with Crippen LogP contribution in [0.3, 0.4) is 0 Å². The molecule has 17 heavy (non-hydrogen) atoms. The SMILES string of the molecule is NCCCN(c1cccc(F)c1)c1ncns1. The molecule has 0 saturated heterocycles. The number of anilines is 2. The Morgan fingerprint density at radius 2 is 2.29 bits per heavy atom. The monoisotopic (exact) mass is 252 g/mol. The fraction of sp³-hybridized carbons (Fsp3) is 0.273. The van der Waals surface area contributed by atoms with Crippen molar-refractivity contribution in [3.8, 4) is 0 Å². The van der Waals surface area contributed by atoms with Crippen LogP contribution in [-0.2, 0) is 0 Å². The minimum Gasteiger partial charge on any atom is -0.330 e. The van der Waals surface area contributed by atoms with Crippen LogP contribution < -0.4 is 10.6 Å². The summed E-state index contributed by atoms with van der Waals surface area (Å²) in [5.41, 5.74) is 6.28. The number of hydrogen-bond acceptors (Lipinski definition) is 5. The van der Waals surface area contributed by atoms with E-state index in [1.807, 2.05) is 11.0 Å². The first-order valence-electron chi connectivity index (χ1n) is 5.31. The van der Waals surface area contributed by atoms with Gasteiger partial charge in [0.1, 0.15) is 12.1 Å². The van der Waals surface area contributed by atoms with Gasteiger partial charge < -0.3 is 10.6 Å². The summed E-state index contributed by atoms with van der Waals surface area (Å²) in [5, 5.41) is 0.754. The van der Waals surface area contributed by atoms with E-state index in [0.717, 1.165) is 17.2 Å². The molecule has 0 unspecified atom stereocenters. The highest BCUT2D eigenvalue weighted by Gasteiger charge is 2.12. The summed E-state index contributed by atoms with van der Waals surface area (Å²) in [7, 11) is 0. The molecule has 0 bridgehead atoms. The second-order valence-electron chi connectivity index (χ2n) is 3.50. The molecule has 0 radical (unpaired) electrons. The van der Waals surface area contributed by atoms with Gasteiger partial charge in [-0.3, -0.25) is 0 Å². The molecule has 0 aliphatic heterocycles. The maximum atomic E-state index is 13.2. The molecule has 1 aromatic heterocycles. The van der Waals surface area contributed by atoms with Gasteiger partial charge in [-0.1, -0.05) is 6.07 Å². The van der Waals surface area contributed by atoms with Crippen molar-refractivity contribution in [3.05, 3.63) is 36.4 Å². The van der Waals surface area contributed by atoms with Gasteiger partial charge in [-0.25, -0.2) is 9.37 Å². The lowest BCUT2D eigenvalue weighted by Crippen LogP contribution is -2.20. The van der Waals surface area contributed by atoms with E-state index < -0.39 is 0 Å². The van der Waals surface area contributed by atoms with E-state index in [9.17, 15) is 4.39 Å². The molecule has 0 saturated carbocycles. The highest BCUT2D eigenvalue weighted by molar-refractivity contribution is 7.09. The molecule has 4 nitrogen and oxygen atoms in total. The van der Waals surface area contributed by atoms with E-state index in [1.165, 1.54) is 30.0 Å². The molecule has 6 heteroatoms. The van der Waals surface area contributed by atoms with Crippen LogP contribution in [-0.4, -0.2) is 22.4 Å². The van der Waals surface area contributed by atoms with Gasteiger partial charge >= 0.3 is 0 Å². The number of halogens is 1. The summed E-state index contributed by atoms with van der Waals surface area (Å²) in [5.74, 6) is -0.259. The van der Waals surface area contributed by atoms with Crippen molar-refractivity contribution in [1.82, 2.24) is 9.36 Å². The molecule has 0 aliphatic carbocycles. The molecule has 0 atom stereocenters. The minimum absolute atomic E-state index is 0.259. The van der Waals surface area contributed by atoms with E-state index in [1.54, 1.807) is 6.07 Å². The predicted molar refractivity (Wildman–Crippen MR) is 67.0 cm³/mol. The second-order valence-corrected chi connectivity index (χ2v) is 4.26. The summed E-state index contributed by atoms with van der Waals surface area (Å²) >= 11 is 1.28. The molecule has 2 rings (SSSR count). The van der Waals surface area contributed by atoms with Gasteiger partial charge in [0.25, 0.3) is 0 Å². The first-order valence-corrected chi connectivity index (χ1v) is 6.08. The topological polar surface area (TPSA) is 55.0 Å². The largest absolute Gasteiger partial charge is 0.330 e. The van der Waals surface area contributed by atoms with Crippen LogP contribution in [0.25, 0.3) is 0 Å². The van der Waals surface area contributed by atoms with Crippen LogP contribution in [0.2, 0.25) is 0 Å². The Bertz CT molecular complexity index is 460. The molecule has 1 heterocycles. The zero-order valence-electron chi connectivity index (χ0n) is 9.21. The highest BCUT2D eigenvalue weighted by Crippen LogP contribution is 2.26. The molecule has 0 fully saturated rings. The van der Waals surface area contributed by atoms with Crippen molar-refractivity contribution in [1.29, 1.82) is 0 Å². The van der Waals surface area contributed by atoms with Crippen LogP contribution in [0.5, 0.6) is 0 Å². The van der Waals surface area contributed by atoms with Crippen LogP contribution >= 0.6 is 11.5 Å². The fourth-order valence-corrected chi connectivity index (χ4v) is 2.09. The Morgan fingerprint density at radius 1 is 1.41 bits per heavy atom. The maximum absolute atomic E-state index is 13.2.